The predicted molar refractivity (Wildman–Crippen MR) is 122 cm³/mol. The van der Waals surface area contributed by atoms with Gasteiger partial charge < -0.3 is 0 Å². The molecule has 0 aliphatic heterocycles. The van der Waals surface area contributed by atoms with Gasteiger partial charge in [-0.25, -0.2) is 4.99 Å². The number of aliphatic imine (C=N–C) groups is 1. The minimum atomic E-state index is -0.389. The molecule has 2 aromatic carbocycles. The van der Waals surface area contributed by atoms with E-state index in [1.54, 1.807) is 41.8 Å². The highest BCUT2D eigenvalue weighted by atomic mass is 35.5. The summed E-state index contributed by atoms with van der Waals surface area (Å²) in [6.07, 6.45) is 5.75. The van der Waals surface area contributed by atoms with Gasteiger partial charge in [-0.1, -0.05) is 29.4 Å². The van der Waals surface area contributed by atoms with Crippen molar-refractivity contribution >= 4 is 51.6 Å². The molecule has 1 aliphatic rings. The molecular weight excluding hydrogens is 438 g/mol. The van der Waals surface area contributed by atoms with Crippen LogP contribution in [0.25, 0.3) is 0 Å². The van der Waals surface area contributed by atoms with E-state index < -0.39 is 0 Å². The Kier molecular flexibility index (Phi) is 6.18. The van der Waals surface area contributed by atoms with Gasteiger partial charge in [-0.2, -0.15) is 5.26 Å². The third-order valence-corrected chi connectivity index (χ3v) is 7.34. The minimum absolute atomic E-state index is 0.0184. The lowest BCUT2D eigenvalue weighted by Gasteiger charge is -2.09. The molecule has 0 atom stereocenters. The van der Waals surface area contributed by atoms with Gasteiger partial charge in [-0.15, -0.1) is 11.3 Å². The van der Waals surface area contributed by atoms with Gasteiger partial charge in [0.2, 0.25) is 0 Å². The highest BCUT2D eigenvalue weighted by Gasteiger charge is 2.20. The molecule has 1 aromatic heterocycles. The Hall–Kier alpha value is -2.66. The molecular formula is C22H16ClN3O2S2. The van der Waals surface area contributed by atoms with E-state index in [-0.39, 0.29) is 10.6 Å². The van der Waals surface area contributed by atoms with Crippen molar-refractivity contribution in [3.05, 3.63) is 79.2 Å². The zero-order valence-corrected chi connectivity index (χ0v) is 18.2. The third kappa shape index (κ3) is 4.41. The van der Waals surface area contributed by atoms with Gasteiger partial charge in [-0.05, 0) is 67.1 Å². The molecule has 0 saturated heterocycles. The number of aryl methyl sites for hydroxylation is 1. The van der Waals surface area contributed by atoms with Crippen LogP contribution in [-0.2, 0) is 12.8 Å². The van der Waals surface area contributed by atoms with Crippen LogP contribution in [0.2, 0.25) is 5.02 Å². The maximum absolute atomic E-state index is 11.6. The number of rotatable bonds is 5. The molecule has 0 amide bonds. The van der Waals surface area contributed by atoms with E-state index in [0.717, 1.165) is 36.1 Å². The van der Waals surface area contributed by atoms with Crippen LogP contribution in [0.1, 0.15) is 34.4 Å². The van der Waals surface area contributed by atoms with Crippen molar-refractivity contribution < 1.29 is 4.92 Å². The lowest BCUT2D eigenvalue weighted by molar-refractivity contribution is -0.387. The van der Waals surface area contributed by atoms with Crippen LogP contribution < -0.4 is 0 Å². The first-order chi connectivity index (χ1) is 14.5. The van der Waals surface area contributed by atoms with Gasteiger partial charge >= 0.3 is 0 Å². The Morgan fingerprint density at radius 2 is 1.97 bits per heavy atom. The first-order valence-electron chi connectivity index (χ1n) is 9.35. The van der Waals surface area contributed by atoms with Crippen molar-refractivity contribution in [1.29, 1.82) is 5.26 Å². The number of nitro groups is 1. The zero-order chi connectivity index (χ0) is 21.1. The summed E-state index contributed by atoms with van der Waals surface area (Å²) in [5.74, 6) is 0. The summed E-state index contributed by atoms with van der Waals surface area (Å²) in [4.78, 5) is 18.4. The van der Waals surface area contributed by atoms with Crippen molar-refractivity contribution in [2.24, 2.45) is 4.99 Å². The van der Waals surface area contributed by atoms with Crippen LogP contribution >= 0.6 is 34.7 Å². The second-order valence-electron chi connectivity index (χ2n) is 6.80. The summed E-state index contributed by atoms with van der Waals surface area (Å²) < 4.78 is 0. The van der Waals surface area contributed by atoms with Gasteiger partial charge in [0.1, 0.15) is 11.1 Å². The summed E-state index contributed by atoms with van der Waals surface area (Å²) in [6.45, 7) is 0. The van der Waals surface area contributed by atoms with Gasteiger partial charge in [0.05, 0.1) is 15.4 Å². The normalized spacial score (nSPS) is 13.2. The molecule has 30 heavy (non-hydrogen) atoms. The predicted octanol–water partition coefficient (Wildman–Crippen LogP) is 6.96. The molecule has 0 spiro atoms. The smallest absolute Gasteiger partial charge is 0.258 e. The standard InChI is InChI=1S/C22H16ClN3O2S2/c23-15-6-8-16(9-7-15)29-21-10-5-14(11-19(21)26(27)28)13-25-22-18(12-24)17-3-1-2-4-20(17)30-22/h5-11,13H,1-4H2. The van der Waals surface area contributed by atoms with E-state index in [1.165, 1.54) is 22.7 Å². The van der Waals surface area contributed by atoms with Crippen LogP contribution in [0, 0.1) is 21.4 Å². The molecule has 1 aliphatic carbocycles. The zero-order valence-electron chi connectivity index (χ0n) is 15.8. The fourth-order valence-corrected chi connectivity index (χ4v) is 5.57. The van der Waals surface area contributed by atoms with E-state index in [0.29, 0.717) is 26.0 Å². The number of hydrogen-bond donors (Lipinski definition) is 0. The maximum atomic E-state index is 11.6. The number of hydrogen-bond acceptors (Lipinski definition) is 6. The Labute approximate surface area is 187 Å². The van der Waals surface area contributed by atoms with Gasteiger partial charge in [0.25, 0.3) is 5.69 Å². The number of halogens is 1. The second-order valence-corrected chi connectivity index (χ2v) is 9.44. The molecule has 8 heteroatoms. The van der Waals surface area contributed by atoms with Crippen LogP contribution in [0.4, 0.5) is 10.7 Å². The number of fused-ring (bicyclic) bond motifs is 1. The van der Waals surface area contributed by atoms with E-state index in [9.17, 15) is 15.4 Å². The van der Waals surface area contributed by atoms with Crippen molar-refractivity contribution in [3.8, 4) is 6.07 Å². The molecule has 1 heterocycles. The van der Waals surface area contributed by atoms with Crippen molar-refractivity contribution in [2.75, 3.05) is 0 Å². The molecule has 5 nitrogen and oxygen atoms in total. The van der Waals surface area contributed by atoms with Crippen LogP contribution in [-0.4, -0.2) is 11.1 Å². The Morgan fingerprint density at radius 3 is 2.70 bits per heavy atom. The topological polar surface area (TPSA) is 79.3 Å². The van der Waals surface area contributed by atoms with Crippen molar-refractivity contribution in [3.63, 3.8) is 0 Å². The molecule has 0 saturated carbocycles. The Bertz CT molecular complexity index is 1180. The SMILES string of the molecule is N#Cc1c(N=Cc2ccc(Sc3ccc(Cl)cc3)c([N+](=O)[O-])c2)sc2c1CCCC2. The van der Waals surface area contributed by atoms with Gasteiger partial charge in [-0.3, -0.25) is 10.1 Å². The maximum Gasteiger partial charge on any atom is 0.283 e. The summed E-state index contributed by atoms with van der Waals surface area (Å²) in [5, 5.41) is 22.5. The van der Waals surface area contributed by atoms with Crippen LogP contribution in [0.5, 0.6) is 0 Å². The number of thiophene rings is 1. The van der Waals surface area contributed by atoms with Gasteiger partial charge in [0, 0.05) is 27.1 Å². The van der Waals surface area contributed by atoms with E-state index in [4.69, 9.17) is 11.6 Å². The molecule has 0 unspecified atom stereocenters. The van der Waals surface area contributed by atoms with Crippen LogP contribution in [0.3, 0.4) is 0 Å². The van der Waals surface area contributed by atoms with Crippen LogP contribution in [0.15, 0.2) is 57.2 Å². The minimum Gasteiger partial charge on any atom is -0.258 e. The fourth-order valence-electron chi connectivity index (χ4n) is 3.36. The quantitative estimate of drug-likeness (QED) is 0.237. The molecule has 3 aromatic rings. The van der Waals surface area contributed by atoms with E-state index >= 15 is 0 Å². The number of benzene rings is 2. The van der Waals surface area contributed by atoms with Gasteiger partial charge in [0.15, 0.2) is 0 Å². The lowest BCUT2D eigenvalue weighted by Crippen LogP contribution is -1.99. The number of nitriles is 1. The summed E-state index contributed by atoms with van der Waals surface area (Å²) in [5.41, 5.74) is 2.42. The molecule has 150 valence electrons. The fraction of sp³-hybridized carbons (Fsp3) is 0.182. The first kappa shape index (κ1) is 20.6. The summed E-state index contributed by atoms with van der Waals surface area (Å²) in [7, 11) is 0. The number of nitro benzene ring substituents is 1. The van der Waals surface area contributed by atoms with E-state index in [1.807, 2.05) is 12.1 Å². The largest absolute Gasteiger partial charge is 0.283 e. The van der Waals surface area contributed by atoms with E-state index in [2.05, 4.69) is 11.1 Å². The summed E-state index contributed by atoms with van der Waals surface area (Å²) in [6, 6.07) is 14.5. The molecule has 0 bridgehead atoms. The Balaban J connectivity index is 1.62. The third-order valence-electron chi connectivity index (χ3n) is 4.82. The highest BCUT2D eigenvalue weighted by Crippen LogP contribution is 2.40. The monoisotopic (exact) mass is 453 g/mol. The molecule has 0 radical (unpaired) electrons. The van der Waals surface area contributed by atoms with Crippen molar-refractivity contribution in [1.82, 2.24) is 0 Å². The highest BCUT2D eigenvalue weighted by molar-refractivity contribution is 7.99. The summed E-state index contributed by atoms with van der Waals surface area (Å²) >= 11 is 8.77. The molecule has 0 N–H and O–H groups in total. The Morgan fingerprint density at radius 1 is 1.20 bits per heavy atom. The first-order valence-corrected chi connectivity index (χ1v) is 11.4. The van der Waals surface area contributed by atoms with Crippen molar-refractivity contribution in [2.45, 2.75) is 35.5 Å². The average Bonchev–Trinajstić information content (AvgIpc) is 3.12. The number of nitrogens with zero attached hydrogens (tertiary/aromatic N) is 3. The molecule has 4 rings (SSSR count). The molecule has 0 fully saturated rings. The second kappa shape index (κ2) is 9.00. The lowest BCUT2D eigenvalue weighted by atomic mass is 9.96. The average molecular weight is 454 g/mol.